The molecule has 12 heteroatoms. The second-order valence-corrected chi connectivity index (χ2v) is 9.42. The summed E-state index contributed by atoms with van der Waals surface area (Å²) in [7, 11) is -3.50. The molecule has 1 amide bonds. The van der Waals surface area contributed by atoms with Crippen molar-refractivity contribution in [2.24, 2.45) is 0 Å². The molecular weight excluding hydrogens is 450 g/mol. The molecule has 0 atom stereocenters. The van der Waals surface area contributed by atoms with Gasteiger partial charge in [0.2, 0.25) is 10.0 Å². The van der Waals surface area contributed by atoms with Crippen molar-refractivity contribution >= 4 is 61.8 Å². The summed E-state index contributed by atoms with van der Waals surface area (Å²) in [4.78, 5) is 20.5. The van der Waals surface area contributed by atoms with Gasteiger partial charge in [-0.15, -0.1) is 11.3 Å². The number of aromatic nitrogens is 2. The third-order valence-electron chi connectivity index (χ3n) is 3.23. The highest BCUT2D eigenvalue weighted by molar-refractivity contribution is 7.92. The molecule has 0 fully saturated rings. The Morgan fingerprint density at radius 3 is 2.39 bits per heavy atom. The maximum atomic E-state index is 13.0. The molecule has 0 spiro atoms. The van der Waals surface area contributed by atoms with Crippen molar-refractivity contribution in [2.75, 3.05) is 16.3 Å². The molecule has 2 N–H and O–H groups in total. The zero-order chi connectivity index (χ0) is 20.5. The third kappa shape index (κ3) is 5.16. The van der Waals surface area contributed by atoms with Gasteiger partial charge in [-0.05, 0) is 24.3 Å². The largest absolute Gasteiger partial charge is 0.321 e. The highest BCUT2D eigenvalue weighted by Gasteiger charge is 2.17. The van der Waals surface area contributed by atoms with Gasteiger partial charge in [-0.3, -0.25) is 9.52 Å². The zero-order valence-electron chi connectivity index (χ0n) is 14.0. The molecule has 2 heterocycles. The van der Waals surface area contributed by atoms with Crippen molar-refractivity contribution in [3.63, 3.8) is 0 Å². The van der Waals surface area contributed by atoms with Gasteiger partial charge in [-0.1, -0.05) is 23.2 Å². The fourth-order valence-corrected chi connectivity index (χ4v) is 4.16. The first-order valence-corrected chi connectivity index (χ1v) is 10.9. The lowest BCUT2D eigenvalue weighted by Gasteiger charge is -2.09. The standard InChI is InChI=1S/C16H11Cl2FN4O3S2/c1-28(25,26)23-11-3-8(17)2-10(4-11)22-16(24)13-5-12(14(18)27-13)15-20-6-9(19)7-21-15/h2-7,23H,1H3,(H,22,24). The lowest BCUT2D eigenvalue weighted by atomic mass is 10.2. The van der Waals surface area contributed by atoms with E-state index in [-0.39, 0.29) is 31.4 Å². The Morgan fingerprint density at radius 1 is 1.11 bits per heavy atom. The van der Waals surface area contributed by atoms with Gasteiger partial charge in [0.05, 0.1) is 29.2 Å². The van der Waals surface area contributed by atoms with Crippen molar-refractivity contribution in [3.8, 4) is 11.4 Å². The summed E-state index contributed by atoms with van der Waals surface area (Å²) in [5.41, 5.74) is 0.880. The Labute approximate surface area is 173 Å². The second kappa shape index (κ2) is 8.00. The molecule has 0 aliphatic heterocycles. The summed E-state index contributed by atoms with van der Waals surface area (Å²) in [6, 6.07) is 5.77. The Hall–Kier alpha value is -2.27. The van der Waals surface area contributed by atoms with Gasteiger partial charge in [-0.2, -0.15) is 0 Å². The van der Waals surface area contributed by atoms with Gasteiger partial charge in [0, 0.05) is 16.3 Å². The normalized spacial score (nSPS) is 11.3. The van der Waals surface area contributed by atoms with Gasteiger partial charge < -0.3 is 5.32 Å². The molecule has 1 aromatic carbocycles. The summed E-state index contributed by atoms with van der Waals surface area (Å²) in [5, 5.41) is 2.85. The van der Waals surface area contributed by atoms with Gasteiger partial charge in [0.15, 0.2) is 11.6 Å². The zero-order valence-corrected chi connectivity index (χ0v) is 17.2. The number of halogens is 3. The van der Waals surface area contributed by atoms with Crippen LogP contribution >= 0.6 is 34.5 Å². The lowest BCUT2D eigenvalue weighted by Crippen LogP contribution is -2.12. The Bertz CT molecular complexity index is 1150. The third-order valence-corrected chi connectivity index (χ3v) is 5.41. The number of hydrogen-bond donors (Lipinski definition) is 2. The first-order chi connectivity index (χ1) is 13.1. The first kappa shape index (κ1) is 20.5. The van der Waals surface area contributed by atoms with E-state index in [1.54, 1.807) is 0 Å². The minimum absolute atomic E-state index is 0.184. The van der Waals surface area contributed by atoms with Crippen molar-refractivity contribution < 1.29 is 17.6 Å². The van der Waals surface area contributed by atoms with Crippen LogP contribution in [0.2, 0.25) is 9.36 Å². The Kier molecular flexibility index (Phi) is 5.84. The molecule has 0 aliphatic rings. The summed E-state index contributed by atoms with van der Waals surface area (Å²) in [5.74, 6) is -0.899. The van der Waals surface area contributed by atoms with E-state index < -0.39 is 21.7 Å². The maximum absolute atomic E-state index is 13.0. The number of benzene rings is 1. The van der Waals surface area contributed by atoms with E-state index >= 15 is 0 Å². The van der Waals surface area contributed by atoms with E-state index in [0.29, 0.717) is 5.56 Å². The van der Waals surface area contributed by atoms with Crippen LogP contribution in [0.15, 0.2) is 36.7 Å². The summed E-state index contributed by atoms with van der Waals surface area (Å²) >= 11 is 13.1. The van der Waals surface area contributed by atoms with E-state index in [1.807, 2.05) is 0 Å². The van der Waals surface area contributed by atoms with Crippen molar-refractivity contribution in [1.29, 1.82) is 0 Å². The van der Waals surface area contributed by atoms with Gasteiger partial charge in [0.1, 0.15) is 4.34 Å². The molecule has 0 saturated carbocycles. The average Bonchev–Trinajstić information content (AvgIpc) is 2.95. The number of nitrogens with zero attached hydrogens (tertiary/aromatic N) is 2. The van der Waals surface area contributed by atoms with Crippen molar-refractivity contribution in [2.45, 2.75) is 0 Å². The number of nitrogens with one attached hydrogen (secondary N) is 2. The molecule has 0 bridgehead atoms. The Balaban J connectivity index is 1.84. The number of thiophene rings is 1. The number of anilines is 2. The first-order valence-electron chi connectivity index (χ1n) is 7.48. The fourth-order valence-electron chi connectivity index (χ4n) is 2.21. The van der Waals surface area contributed by atoms with Gasteiger partial charge in [0.25, 0.3) is 5.91 Å². The van der Waals surface area contributed by atoms with Crippen LogP contribution in [0.5, 0.6) is 0 Å². The highest BCUT2D eigenvalue weighted by Crippen LogP contribution is 2.34. The summed E-state index contributed by atoms with van der Waals surface area (Å²) < 4.78 is 38.3. The van der Waals surface area contributed by atoms with Gasteiger partial charge >= 0.3 is 0 Å². The SMILES string of the molecule is CS(=O)(=O)Nc1cc(Cl)cc(NC(=O)c2cc(-c3ncc(F)cn3)c(Cl)s2)c1. The molecule has 146 valence electrons. The van der Waals surface area contributed by atoms with E-state index in [0.717, 1.165) is 30.0 Å². The maximum Gasteiger partial charge on any atom is 0.265 e. The van der Waals surface area contributed by atoms with Crippen LogP contribution in [0.25, 0.3) is 11.4 Å². The van der Waals surface area contributed by atoms with Gasteiger partial charge in [-0.25, -0.2) is 22.8 Å². The van der Waals surface area contributed by atoms with E-state index in [2.05, 4.69) is 20.0 Å². The Morgan fingerprint density at radius 2 is 1.75 bits per heavy atom. The predicted molar refractivity (Wildman–Crippen MR) is 108 cm³/mol. The van der Waals surface area contributed by atoms with E-state index in [9.17, 15) is 17.6 Å². The van der Waals surface area contributed by atoms with Crippen LogP contribution in [0.4, 0.5) is 15.8 Å². The molecule has 0 radical (unpaired) electrons. The van der Waals surface area contributed by atoms with Crippen LogP contribution in [-0.2, 0) is 10.0 Å². The quantitative estimate of drug-likeness (QED) is 0.591. The van der Waals surface area contributed by atoms with E-state index in [1.165, 1.54) is 24.3 Å². The highest BCUT2D eigenvalue weighted by atomic mass is 35.5. The fraction of sp³-hybridized carbons (Fsp3) is 0.0625. The monoisotopic (exact) mass is 460 g/mol. The van der Waals surface area contributed by atoms with Crippen molar-refractivity contribution in [1.82, 2.24) is 9.97 Å². The molecule has 3 rings (SSSR count). The van der Waals surface area contributed by atoms with Crippen LogP contribution in [-0.4, -0.2) is 30.5 Å². The number of carbonyl (C=O) groups excluding carboxylic acids is 1. The molecular formula is C16H11Cl2FN4O3S2. The van der Waals surface area contributed by atoms with Crippen LogP contribution in [0.3, 0.4) is 0 Å². The molecule has 0 unspecified atom stereocenters. The molecule has 0 saturated heterocycles. The smallest absolute Gasteiger partial charge is 0.265 e. The number of rotatable bonds is 5. The molecule has 7 nitrogen and oxygen atoms in total. The van der Waals surface area contributed by atoms with Crippen molar-refractivity contribution in [3.05, 3.63) is 56.7 Å². The predicted octanol–water partition coefficient (Wildman–Crippen LogP) is 4.27. The number of amides is 1. The topological polar surface area (TPSA) is 101 Å². The molecule has 3 aromatic rings. The van der Waals surface area contributed by atoms with Crippen LogP contribution in [0.1, 0.15) is 9.67 Å². The lowest BCUT2D eigenvalue weighted by molar-refractivity contribution is 0.103. The molecule has 2 aromatic heterocycles. The number of carbonyl (C=O) groups is 1. The molecule has 0 aliphatic carbocycles. The van der Waals surface area contributed by atoms with Crippen LogP contribution in [0, 0.1) is 5.82 Å². The second-order valence-electron chi connectivity index (χ2n) is 5.58. The summed E-state index contributed by atoms with van der Waals surface area (Å²) in [6.07, 6.45) is 3.00. The minimum atomic E-state index is -3.50. The summed E-state index contributed by atoms with van der Waals surface area (Å²) in [6.45, 7) is 0. The average molecular weight is 461 g/mol. The van der Waals surface area contributed by atoms with E-state index in [4.69, 9.17) is 23.2 Å². The molecule has 28 heavy (non-hydrogen) atoms. The minimum Gasteiger partial charge on any atom is -0.321 e. The van der Waals surface area contributed by atoms with Crippen LogP contribution < -0.4 is 10.0 Å². The number of sulfonamides is 1. The number of hydrogen-bond acceptors (Lipinski definition) is 6.